The van der Waals surface area contributed by atoms with Gasteiger partial charge in [0.2, 0.25) is 0 Å². The van der Waals surface area contributed by atoms with Crippen LogP contribution in [0.25, 0.3) is 0 Å². The summed E-state index contributed by atoms with van der Waals surface area (Å²) < 4.78 is 65.0. The molecule has 0 spiro atoms. The van der Waals surface area contributed by atoms with E-state index >= 15 is 0 Å². The van der Waals surface area contributed by atoms with Crippen molar-refractivity contribution in [2.75, 3.05) is 13.4 Å². The lowest BCUT2D eigenvalue weighted by Crippen LogP contribution is -2.13. The van der Waals surface area contributed by atoms with Crippen molar-refractivity contribution in [1.82, 2.24) is 0 Å². The number of benzene rings is 1. The fourth-order valence-corrected chi connectivity index (χ4v) is 2.38. The summed E-state index contributed by atoms with van der Waals surface area (Å²) in [5.74, 6) is -0.308. The van der Waals surface area contributed by atoms with Gasteiger partial charge in [0.1, 0.15) is 10.6 Å². The second-order valence-electron chi connectivity index (χ2n) is 3.11. The van der Waals surface area contributed by atoms with Crippen molar-refractivity contribution >= 4 is 9.84 Å². The summed E-state index contributed by atoms with van der Waals surface area (Å²) in [4.78, 5) is -0.829. The normalized spacial score (nSPS) is 12.6. The quantitative estimate of drug-likeness (QED) is 0.811. The molecule has 0 N–H and O–H groups in total. The van der Waals surface area contributed by atoms with Crippen LogP contribution >= 0.6 is 0 Å². The van der Waals surface area contributed by atoms with Gasteiger partial charge in [-0.25, -0.2) is 8.42 Å². The first-order chi connectivity index (χ1) is 7.18. The zero-order valence-electron chi connectivity index (χ0n) is 8.50. The number of sulfone groups is 1. The summed E-state index contributed by atoms with van der Waals surface area (Å²) in [6, 6.07) is 2.97. The van der Waals surface area contributed by atoms with Crippen molar-refractivity contribution in [3.63, 3.8) is 0 Å². The molecule has 1 aromatic rings. The Bertz CT molecular complexity index is 491. The van der Waals surface area contributed by atoms with Gasteiger partial charge >= 0.3 is 6.18 Å². The Hall–Kier alpha value is -1.24. The number of ether oxygens (including phenoxy) is 1. The summed E-state index contributed by atoms with van der Waals surface area (Å²) in [6.07, 6.45) is -4.02. The number of halogens is 3. The molecule has 0 aliphatic rings. The van der Waals surface area contributed by atoms with Gasteiger partial charge in [0.05, 0.1) is 12.7 Å². The average Bonchev–Trinajstić information content (AvgIpc) is 2.13. The van der Waals surface area contributed by atoms with Crippen LogP contribution in [0.3, 0.4) is 0 Å². The molecule has 0 aromatic heterocycles. The molecule has 1 aromatic carbocycles. The number of hydrogen-bond donors (Lipinski definition) is 0. The summed E-state index contributed by atoms with van der Waals surface area (Å²) in [7, 11) is -2.89. The van der Waals surface area contributed by atoms with Crippen LogP contribution in [-0.4, -0.2) is 21.8 Å². The summed E-state index contributed by atoms with van der Waals surface area (Å²) in [6.45, 7) is 0. The van der Waals surface area contributed by atoms with E-state index in [0.29, 0.717) is 12.3 Å². The van der Waals surface area contributed by atoms with Gasteiger partial charge in [-0.2, -0.15) is 13.2 Å². The fraction of sp³-hybridized carbons (Fsp3) is 0.333. The standard InChI is InChI=1S/C9H9F3O3S/c1-15-7-5-3-4-6(9(10,11)12)8(7)16(2,13)14/h3-5H,1-2H3. The highest BCUT2D eigenvalue weighted by atomic mass is 32.2. The van der Waals surface area contributed by atoms with E-state index in [2.05, 4.69) is 4.74 Å². The van der Waals surface area contributed by atoms with Gasteiger partial charge in [0.25, 0.3) is 0 Å². The van der Waals surface area contributed by atoms with Crippen LogP contribution in [0.2, 0.25) is 0 Å². The van der Waals surface area contributed by atoms with Crippen molar-refractivity contribution in [2.45, 2.75) is 11.1 Å². The van der Waals surface area contributed by atoms with E-state index in [1.54, 1.807) is 0 Å². The summed E-state index contributed by atoms with van der Waals surface area (Å²) in [5, 5.41) is 0. The van der Waals surface area contributed by atoms with E-state index in [1.807, 2.05) is 0 Å². The van der Waals surface area contributed by atoms with Gasteiger partial charge in [-0.15, -0.1) is 0 Å². The Balaban J connectivity index is 3.65. The van der Waals surface area contributed by atoms with Gasteiger partial charge < -0.3 is 4.74 Å². The SMILES string of the molecule is COc1cccc(C(F)(F)F)c1S(C)(=O)=O. The van der Waals surface area contributed by atoms with E-state index in [1.165, 1.54) is 6.07 Å². The van der Waals surface area contributed by atoms with Crippen LogP contribution in [0.5, 0.6) is 5.75 Å². The monoisotopic (exact) mass is 254 g/mol. The molecule has 0 bridgehead atoms. The third-order valence-corrected chi connectivity index (χ3v) is 3.04. The van der Waals surface area contributed by atoms with E-state index in [9.17, 15) is 21.6 Å². The average molecular weight is 254 g/mol. The zero-order chi connectivity index (χ0) is 12.6. The first-order valence-corrected chi connectivity index (χ1v) is 6.01. The third-order valence-electron chi connectivity index (χ3n) is 1.88. The number of alkyl halides is 3. The molecule has 16 heavy (non-hydrogen) atoms. The molecule has 0 fully saturated rings. The molecule has 0 unspecified atom stereocenters. The van der Waals surface area contributed by atoms with E-state index in [4.69, 9.17) is 0 Å². The second kappa shape index (κ2) is 3.97. The highest BCUT2D eigenvalue weighted by molar-refractivity contribution is 7.90. The second-order valence-corrected chi connectivity index (χ2v) is 5.06. The zero-order valence-corrected chi connectivity index (χ0v) is 9.32. The van der Waals surface area contributed by atoms with Gasteiger partial charge in [-0.1, -0.05) is 6.07 Å². The molecule has 0 saturated heterocycles. The molecule has 90 valence electrons. The molecular weight excluding hydrogens is 245 g/mol. The minimum absolute atomic E-state index is 0.308. The Morgan fingerprint density at radius 3 is 2.19 bits per heavy atom. The van der Waals surface area contributed by atoms with Crippen molar-refractivity contribution < 1.29 is 26.3 Å². The van der Waals surface area contributed by atoms with Crippen LogP contribution in [-0.2, 0) is 16.0 Å². The maximum Gasteiger partial charge on any atom is 0.417 e. The van der Waals surface area contributed by atoms with Crippen molar-refractivity contribution in [1.29, 1.82) is 0 Å². The number of methoxy groups -OCH3 is 1. The predicted octanol–water partition coefficient (Wildman–Crippen LogP) is 2.12. The first kappa shape index (κ1) is 12.8. The third kappa shape index (κ3) is 2.46. The summed E-state index contributed by atoms with van der Waals surface area (Å²) >= 11 is 0. The maximum atomic E-state index is 12.6. The molecular formula is C9H9F3O3S. The van der Waals surface area contributed by atoms with Gasteiger partial charge in [-0.3, -0.25) is 0 Å². The molecule has 0 saturated carbocycles. The molecule has 0 aliphatic heterocycles. The highest BCUT2D eigenvalue weighted by Gasteiger charge is 2.37. The minimum atomic E-state index is -4.73. The summed E-state index contributed by atoms with van der Waals surface area (Å²) in [5.41, 5.74) is -1.21. The van der Waals surface area contributed by atoms with E-state index < -0.39 is 26.5 Å². The first-order valence-electron chi connectivity index (χ1n) is 4.12. The van der Waals surface area contributed by atoms with Crippen LogP contribution in [0.15, 0.2) is 23.1 Å². The lowest BCUT2D eigenvalue weighted by atomic mass is 10.2. The van der Waals surface area contributed by atoms with Gasteiger partial charge in [-0.05, 0) is 12.1 Å². The molecule has 0 atom stereocenters. The molecule has 0 heterocycles. The van der Waals surface area contributed by atoms with E-state index in [0.717, 1.165) is 13.2 Å². The van der Waals surface area contributed by atoms with Crippen molar-refractivity contribution in [2.24, 2.45) is 0 Å². The van der Waals surface area contributed by atoms with Crippen molar-refractivity contribution in [3.8, 4) is 5.75 Å². The molecule has 3 nitrogen and oxygen atoms in total. The van der Waals surface area contributed by atoms with Crippen LogP contribution in [0.4, 0.5) is 13.2 Å². The molecule has 0 radical (unpaired) electrons. The Morgan fingerprint density at radius 2 is 1.81 bits per heavy atom. The molecule has 0 amide bonds. The Morgan fingerprint density at radius 1 is 1.25 bits per heavy atom. The number of rotatable bonds is 2. The van der Waals surface area contributed by atoms with Crippen LogP contribution in [0, 0.1) is 0 Å². The van der Waals surface area contributed by atoms with Crippen LogP contribution < -0.4 is 4.74 Å². The van der Waals surface area contributed by atoms with Crippen LogP contribution in [0.1, 0.15) is 5.56 Å². The Kier molecular flexibility index (Phi) is 3.18. The Labute approximate surface area is 90.8 Å². The number of hydrogen-bond acceptors (Lipinski definition) is 3. The van der Waals surface area contributed by atoms with Gasteiger partial charge in [0.15, 0.2) is 9.84 Å². The van der Waals surface area contributed by atoms with Gasteiger partial charge in [0, 0.05) is 6.26 Å². The molecule has 7 heteroatoms. The topological polar surface area (TPSA) is 43.4 Å². The lowest BCUT2D eigenvalue weighted by Gasteiger charge is -2.14. The smallest absolute Gasteiger partial charge is 0.417 e. The fourth-order valence-electron chi connectivity index (χ4n) is 1.28. The predicted molar refractivity (Wildman–Crippen MR) is 51.1 cm³/mol. The molecule has 1 rings (SSSR count). The van der Waals surface area contributed by atoms with Crippen molar-refractivity contribution in [3.05, 3.63) is 23.8 Å². The minimum Gasteiger partial charge on any atom is -0.495 e. The highest BCUT2D eigenvalue weighted by Crippen LogP contribution is 2.38. The molecule has 0 aliphatic carbocycles. The largest absolute Gasteiger partial charge is 0.495 e. The van der Waals surface area contributed by atoms with E-state index in [-0.39, 0.29) is 5.75 Å². The maximum absolute atomic E-state index is 12.6. The lowest BCUT2D eigenvalue weighted by molar-refractivity contribution is -0.140.